The number of pyridine rings is 1. The van der Waals surface area contributed by atoms with E-state index in [1.54, 1.807) is 29.3 Å². The number of nitrogens with one attached hydrogen (secondary N) is 2. The number of hydrogen-bond donors (Lipinski definition) is 2. The quantitative estimate of drug-likeness (QED) is 0.297. The van der Waals surface area contributed by atoms with Gasteiger partial charge in [0.05, 0.1) is 29.0 Å². The first kappa shape index (κ1) is 27.6. The minimum Gasteiger partial charge on any atom is -0.457 e. The Labute approximate surface area is 242 Å². The van der Waals surface area contributed by atoms with E-state index in [1.165, 1.54) is 18.5 Å². The summed E-state index contributed by atoms with van der Waals surface area (Å²) in [6.45, 7) is 10.3. The maximum absolute atomic E-state index is 15.3. The van der Waals surface area contributed by atoms with E-state index in [0.717, 1.165) is 37.4 Å². The van der Waals surface area contributed by atoms with Gasteiger partial charge >= 0.3 is 0 Å². The number of aromatic amines is 1. The number of likely N-dealkylation sites (tertiary alicyclic amines) is 1. The molecule has 1 amide bonds. The van der Waals surface area contributed by atoms with Crippen molar-refractivity contribution in [3.05, 3.63) is 67.0 Å². The van der Waals surface area contributed by atoms with E-state index in [-0.39, 0.29) is 29.7 Å². The second-order valence-electron chi connectivity index (χ2n) is 10.7. The summed E-state index contributed by atoms with van der Waals surface area (Å²) in [7, 11) is 0. The standard InChI is InChI=1S/C30H33FN8O3/c1-4-26(40)38-11-8-20(9-12-38)28-27-29(33-17-34-30(27)37-36-28)35-24-6-5-21(13-23(24)31)42-22-7-10-32-25(14-22)39-15-18(2)41-19(3)16-39/h4-7,10,13-14,17-20H,1,8-9,11-12,15-16H2,2-3H3,(H2,33,34,35,36,37)/t18-,19+. The van der Waals surface area contributed by atoms with Crippen molar-refractivity contribution in [1.82, 2.24) is 30.0 Å². The molecule has 2 aliphatic heterocycles. The van der Waals surface area contributed by atoms with Crippen molar-refractivity contribution in [3.8, 4) is 11.5 Å². The molecular formula is C30H33FN8O3. The third-order valence-electron chi connectivity index (χ3n) is 7.64. The molecule has 12 heteroatoms. The number of morpholine rings is 1. The SMILES string of the molecule is C=CC(=O)N1CCC(c2n[nH]c3ncnc(Nc4ccc(Oc5ccnc(N6C[C@@H](C)O[C@@H](C)C6)c5)cc4F)c23)CC1. The number of piperidine rings is 1. The Morgan fingerprint density at radius 2 is 1.88 bits per heavy atom. The Balaban J connectivity index is 1.18. The average Bonchev–Trinajstić information content (AvgIpc) is 3.43. The Morgan fingerprint density at radius 3 is 2.62 bits per heavy atom. The summed E-state index contributed by atoms with van der Waals surface area (Å²) < 4.78 is 27.2. The number of fused-ring (bicyclic) bond motifs is 1. The highest BCUT2D eigenvalue weighted by Crippen LogP contribution is 2.36. The van der Waals surface area contributed by atoms with Gasteiger partial charge in [-0.2, -0.15) is 5.10 Å². The van der Waals surface area contributed by atoms with E-state index in [9.17, 15) is 4.79 Å². The first-order valence-corrected chi connectivity index (χ1v) is 14.1. The van der Waals surface area contributed by atoms with Gasteiger partial charge in [-0.3, -0.25) is 9.89 Å². The first-order chi connectivity index (χ1) is 20.4. The van der Waals surface area contributed by atoms with Crippen molar-refractivity contribution in [2.45, 2.75) is 44.8 Å². The fourth-order valence-corrected chi connectivity index (χ4v) is 5.70. The van der Waals surface area contributed by atoms with Gasteiger partial charge < -0.3 is 24.6 Å². The lowest BCUT2D eigenvalue weighted by Crippen LogP contribution is -2.45. The lowest BCUT2D eigenvalue weighted by atomic mass is 9.92. The second-order valence-corrected chi connectivity index (χ2v) is 10.7. The number of H-pyrrole nitrogens is 1. The molecule has 2 aliphatic rings. The largest absolute Gasteiger partial charge is 0.457 e. The number of amides is 1. The van der Waals surface area contributed by atoms with Crippen LogP contribution in [0.2, 0.25) is 0 Å². The summed E-state index contributed by atoms with van der Waals surface area (Å²) in [6.07, 6.45) is 6.12. The maximum Gasteiger partial charge on any atom is 0.245 e. The van der Waals surface area contributed by atoms with Gasteiger partial charge in [0.15, 0.2) is 5.65 Å². The van der Waals surface area contributed by atoms with Crippen LogP contribution >= 0.6 is 0 Å². The minimum absolute atomic E-state index is 0.0698. The highest BCUT2D eigenvalue weighted by atomic mass is 19.1. The van der Waals surface area contributed by atoms with Gasteiger partial charge in [-0.1, -0.05) is 6.58 Å². The van der Waals surface area contributed by atoms with Crippen LogP contribution in [0.4, 0.5) is 21.7 Å². The predicted molar refractivity (Wildman–Crippen MR) is 157 cm³/mol. The van der Waals surface area contributed by atoms with Gasteiger partial charge in [0.25, 0.3) is 0 Å². The molecule has 5 heterocycles. The van der Waals surface area contributed by atoms with Crippen molar-refractivity contribution in [2.24, 2.45) is 0 Å². The zero-order chi connectivity index (χ0) is 29.2. The molecular weight excluding hydrogens is 539 g/mol. The normalized spacial score (nSPS) is 19.6. The molecule has 0 aliphatic carbocycles. The number of hydrogen-bond acceptors (Lipinski definition) is 9. The van der Waals surface area contributed by atoms with Crippen molar-refractivity contribution in [2.75, 3.05) is 36.4 Å². The molecule has 42 heavy (non-hydrogen) atoms. The van der Waals surface area contributed by atoms with E-state index in [4.69, 9.17) is 9.47 Å². The summed E-state index contributed by atoms with van der Waals surface area (Å²) in [6, 6.07) is 8.25. The minimum atomic E-state index is -0.495. The molecule has 2 saturated heterocycles. The van der Waals surface area contributed by atoms with Crippen LogP contribution in [0.25, 0.3) is 11.0 Å². The molecule has 0 saturated carbocycles. The number of halogens is 1. The molecule has 0 unspecified atom stereocenters. The molecule has 4 aromatic rings. The monoisotopic (exact) mass is 572 g/mol. The third-order valence-corrected chi connectivity index (χ3v) is 7.64. The van der Waals surface area contributed by atoms with Gasteiger partial charge in [0.2, 0.25) is 5.91 Å². The zero-order valence-electron chi connectivity index (χ0n) is 23.6. The molecule has 6 rings (SSSR count). The van der Waals surface area contributed by atoms with Crippen LogP contribution in [0.1, 0.15) is 38.3 Å². The van der Waals surface area contributed by atoms with Crippen molar-refractivity contribution in [3.63, 3.8) is 0 Å². The first-order valence-electron chi connectivity index (χ1n) is 14.1. The number of carbonyl (C=O) groups excluding carboxylic acids is 1. The molecule has 0 spiro atoms. The van der Waals surface area contributed by atoms with E-state index < -0.39 is 5.82 Å². The number of carbonyl (C=O) groups is 1. The molecule has 2 atom stereocenters. The van der Waals surface area contributed by atoms with Gasteiger partial charge in [-0.15, -0.1) is 0 Å². The number of ether oxygens (including phenoxy) is 2. The van der Waals surface area contributed by atoms with Crippen LogP contribution in [0.15, 0.2) is 55.5 Å². The van der Waals surface area contributed by atoms with Crippen molar-refractivity contribution in [1.29, 1.82) is 0 Å². The molecule has 1 aromatic carbocycles. The lowest BCUT2D eigenvalue weighted by molar-refractivity contribution is -0.127. The molecule has 0 bridgehead atoms. The Bertz CT molecular complexity index is 1590. The molecule has 2 N–H and O–H groups in total. The van der Waals surface area contributed by atoms with Crippen LogP contribution in [-0.2, 0) is 9.53 Å². The summed E-state index contributed by atoms with van der Waals surface area (Å²) >= 11 is 0. The fraction of sp³-hybridized carbons (Fsp3) is 0.367. The van der Waals surface area contributed by atoms with E-state index >= 15 is 4.39 Å². The number of aromatic nitrogens is 5. The summed E-state index contributed by atoms with van der Waals surface area (Å²) in [4.78, 5) is 29.1. The van der Waals surface area contributed by atoms with Crippen molar-refractivity contribution >= 4 is 34.3 Å². The van der Waals surface area contributed by atoms with Crippen LogP contribution in [0.3, 0.4) is 0 Å². The molecule has 218 valence electrons. The Hall–Kier alpha value is -4.58. The van der Waals surface area contributed by atoms with Crippen LogP contribution in [0, 0.1) is 5.82 Å². The highest BCUT2D eigenvalue weighted by Gasteiger charge is 2.28. The van der Waals surface area contributed by atoms with Crippen LogP contribution in [0.5, 0.6) is 11.5 Å². The van der Waals surface area contributed by atoms with Gasteiger partial charge in [0, 0.05) is 50.4 Å². The third kappa shape index (κ3) is 5.75. The smallest absolute Gasteiger partial charge is 0.245 e. The van der Waals surface area contributed by atoms with Gasteiger partial charge in [-0.25, -0.2) is 19.3 Å². The summed E-state index contributed by atoms with van der Waals surface area (Å²) in [5.74, 6) is 1.70. The van der Waals surface area contributed by atoms with E-state index in [0.29, 0.717) is 41.4 Å². The van der Waals surface area contributed by atoms with E-state index in [1.807, 2.05) is 19.9 Å². The Kier molecular flexibility index (Phi) is 7.70. The molecule has 11 nitrogen and oxygen atoms in total. The number of nitrogens with zero attached hydrogens (tertiary/aromatic N) is 6. The van der Waals surface area contributed by atoms with Crippen molar-refractivity contribution < 1.29 is 18.7 Å². The van der Waals surface area contributed by atoms with E-state index in [2.05, 4.69) is 41.9 Å². The second kappa shape index (κ2) is 11.7. The number of benzene rings is 1. The zero-order valence-corrected chi connectivity index (χ0v) is 23.6. The van der Waals surface area contributed by atoms with Gasteiger partial charge in [0.1, 0.15) is 35.3 Å². The van der Waals surface area contributed by atoms with Gasteiger partial charge in [-0.05, 0) is 51.0 Å². The maximum atomic E-state index is 15.3. The number of anilines is 3. The fourth-order valence-electron chi connectivity index (χ4n) is 5.70. The van der Waals surface area contributed by atoms with Crippen LogP contribution < -0.4 is 15.0 Å². The average molecular weight is 573 g/mol. The summed E-state index contributed by atoms with van der Waals surface area (Å²) in [5.41, 5.74) is 1.61. The molecule has 3 aromatic heterocycles. The molecule has 0 radical (unpaired) electrons. The lowest BCUT2D eigenvalue weighted by Gasteiger charge is -2.36. The summed E-state index contributed by atoms with van der Waals surface area (Å²) in [5, 5.41) is 11.3. The Morgan fingerprint density at radius 1 is 1.12 bits per heavy atom. The molecule has 2 fully saturated rings. The highest BCUT2D eigenvalue weighted by molar-refractivity contribution is 5.91. The topological polar surface area (TPSA) is 121 Å². The van der Waals surface area contributed by atoms with Crippen LogP contribution in [-0.4, -0.2) is 74.3 Å². The predicted octanol–water partition coefficient (Wildman–Crippen LogP) is 4.93. The number of rotatable bonds is 7.